The van der Waals surface area contributed by atoms with Crippen LogP contribution in [0.5, 0.6) is 0 Å². The van der Waals surface area contributed by atoms with E-state index in [-0.39, 0.29) is 6.04 Å². The van der Waals surface area contributed by atoms with Gasteiger partial charge in [0.05, 0.1) is 22.2 Å². The molecule has 0 fully saturated rings. The van der Waals surface area contributed by atoms with E-state index in [1.54, 1.807) is 17.1 Å². The fraction of sp³-hybridized carbons (Fsp3) is 0.167. The highest BCUT2D eigenvalue weighted by Gasteiger charge is 2.15. The lowest BCUT2D eigenvalue weighted by Crippen LogP contribution is -2.19. The molecule has 1 aromatic carbocycles. The third-order valence-corrected chi connectivity index (χ3v) is 2.83. The van der Waals surface area contributed by atoms with Crippen molar-refractivity contribution in [3.63, 3.8) is 0 Å². The molecule has 1 heterocycles. The third kappa shape index (κ3) is 3.05. The van der Waals surface area contributed by atoms with Crippen LogP contribution in [0, 0.1) is 0 Å². The smallest absolute Gasteiger partial charge is 0.0831 e. The molecule has 17 heavy (non-hydrogen) atoms. The monoisotopic (exact) mass is 265 g/mol. The summed E-state index contributed by atoms with van der Waals surface area (Å²) in [5.74, 6) is 0. The van der Waals surface area contributed by atoms with Gasteiger partial charge in [0.2, 0.25) is 0 Å². The Morgan fingerprint density at radius 3 is 2.65 bits per heavy atom. The first-order valence-corrected chi connectivity index (χ1v) is 5.98. The van der Waals surface area contributed by atoms with Gasteiger partial charge in [-0.3, -0.25) is 4.68 Å². The van der Waals surface area contributed by atoms with Crippen LogP contribution in [0.25, 0.3) is 0 Å². The molecule has 0 aliphatic rings. The van der Waals surface area contributed by atoms with E-state index in [0.717, 1.165) is 5.56 Å². The van der Waals surface area contributed by atoms with Gasteiger partial charge in [-0.15, -0.1) is 0 Å². The fourth-order valence-electron chi connectivity index (χ4n) is 1.72. The van der Waals surface area contributed by atoms with Crippen LogP contribution in [0.15, 0.2) is 42.7 Å². The third-order valence-electron chi connectivity index (χ3n) is 2.47. The van der Waals surface area contributed by atoms with Gasteiger partial charge in [-0.2, -0.15) is 5.10 Å². The van der Waals surface area contributed by atoms with Crippen molar-refractivity contribution in [1.82, 2.24) is 9.78 Å². The minimum Gasteiger partial charge on any atom is -0.393 e. The van der Waals surface area contributed by atoms with Crippen molar-refractivity contribution in [3.05, 3.63) is 53.3 Å². The number of nitrogens with zero attached hydrogens (tertiary/aromatic N) is 2. The van der Waals surface area contributed by atoms with E-state index in [4.69, 9.17) is 29.6 Å². The molecule has 1 unspecified atom stereocenters. The Hall–Kier alpha value is -1.39. The second kappa shape index (κ2) is 5.29. The second-order valence-corrected chi connectivity index (χ2v) is 4.70. The van der Waals surface area contributed by atoms with Crippen molar-refractivity contribution in [2.24, 2.45) is 5.73 Å². The number of hydrogen-bond acceptors (Lipinski definition) is 2. The molecule has 1 aromatic heterocycles. The van der Waals surface area contributed by atoms with Crippen LogP contribution >= 0.6 is 23.8 Å². The number of benzene rings is 1. The summed E-state index contributed by atoms with van der Waals surface area (Å²) in [6, 6.07) is 9.98. The lowest BCUT2D eigenvalue weighted by molar-refractivity contribution is 0.539. The molecule has 0 saturated carbocycles. The highest BCUT2D eigenvalue weighted by molar-refractivity contribution is 7.80. The van der Waals surface area contributed by atoms with Crippen LogP contribution < -0.4 is 5.73 Å². The Bertz CT molecular complexity index is 509. The van der Waals surface area contributed by atoms with Gasteiger partial charge >= 0.3 is 0 Å². The molecule has 0 aliphatic heterocycles. The van der Waals surface area contributed by atoms with Crippen LogP contribution in [0.2, 0.25) is 5.02 Å². The quantitative estimate of drug-likeness (QED) is 0.865. The zero-order chi connectivity index (χ0) is 12.3. The standard InChI is InChI=1S/C12H12ClN3S/c13-10-7-15-16(8-10)11(6-12(14)17)9-4-2-1-3-5-9/h1-5,7-8,11H,6H2,(H2,14,17). The minimum atomic E-state index is 0.00111. The minimum absolute atomic E-state index is 0.00111. The highest BCUT2D eigenvalue weighted by atomic mass is 35.5. The summed E-state index contributed by atoms with van der Waals surface area (Å²) in [6.45, 7) is 0. The maximum absolute atomic E-state index is 5.88. The lowest BCUT2D eigenvalue weighted by atomic mass is 10.0. The van der Waals surface area contributed by atoms with Crippen molar-refractivity contribution >= 4 is 28.8 Å². The van der Waals surface area contributed by atoms with E-state index < -0.39 is 0 Å². The molecule has 3 nitrogen and oxygen atoms in total. The van der Waals surface area contributed by atoms with Gasteiger partial charge in [-0.05, 0) is 5.56 Å². The molecule has 88 valence electrons. The van der Waals surface area contributed by atoms with E-state index in [0.29, 0.717) is 16.4 Å². The second-order valence-electron chi connectivity index (χ2n) is 3.74. The summed E-state index contributed by atoms with van der Waals surface area (Å²) in [5.41, 5.74) is 6.74. The molecule has 2 rings (SSSR count). The molecule has 0 saturated heterocycles. The summed E-state index contributed by atoms with van der Waals surface area (Å²) in [7, 11) is 0. The van der Waals surface area contributed by atoms with E-state index in [1.807, 2.05) is 30.3 Å². The van der Waals surface area contributed by atoms with Crippen LogP contribution in [0.1, 0.15) is 18.0 Å². The molecule has 0 amide bonds. The summed E-state index contributed by atoms with van der Waals surface area (Å²) in [6.07, 6.45) is 3.95. The number of aromatic nitrogens is 2. The predicted octanol–water partition coefficient (Wildman–Crippen LogP) is 2.80. The lowest BCUT2D eigenvalue weighted by Gasteiger charge is -2.17. The Morgan fingerprint density at radius 1 is 1.41 bits per heavy atom. The number of nitrogens with two attached hydrogens (primary N) is 1. The van der Waals surface area contributed by atoms with Gasteiger partial charge < -0.3 is 5.73 Å². The van der Waals surface area contributed by atoms with Gasteiger partial charge in [-0.1, -0.05) is 54.2 Å². The van der Waals surface area contributed by atoms with E-state index in [1.165, 1.54) is 0 Å². The van der Waals surface area contributed by atoms with Crippen LogP contribution in [0.3, 0.4) is 0 Å². The summed E-state index contributed by atoms with van der Waals surface area (Å²) in [4.78, 5) is 0.463. The molecule has 0 aliphatic carbocycles. The highest BCUT2D eigenvalue weighted by Crippen LogP contribution is 2.22. The first kappa shape index (κ1) is 12.1. The maximum atomic E-state index is 5.88. The van der Waals surface area contributed by atoms with E-state index in [2.05, 4.69) is 5.10 Å². The van der Waals surface area contributed by atoms with Crippen molar-refractivity contribution in [2.75, 3.05) is 0 Å². The van der Waals surface area contributed by atoms with Crippen molar-refractivity contribution < 1.29 is 0 Å². The van der Waals surface area contributed by atoms with Gasteiger partial charge in [-0.25, -0.2) is 0 Å². The number of thiocarbonyl (C=S) groups is 1. The van der Waals surface area contributed by atoms with Crippen molar-refractivity contribution in [2.45, 2.75) is 12.5 Å². The Morgan fingerprint density at radius 2 is 2.12 bits per heavy atom. The molecular formula is C12H12ClN3S. The average molecular weight is 266 g/mol. The maximum Gasteiger partial charge on any atom is 0.0831 e. The molecule has 0 radical (unpaired) electrons. The zero-order valence-corrected chi connectivity index (χ0v) is 10.7. The van der Waals surface area contributed by atoms with Crippen LogP contribution in [-0.2, 0) is 0 Å². The van der Waals surface area contributed by atoms with Gasteiger partial charge in [0.1, 0.15) is 0 Å². The van der Waals surface area contributed by atoms with Gasteiger partial charge in [0.25, 0.3) is 0 Å². The number of rotatable bonds is 4. The van der Waals surface area contributed by atoms with Gasteiger partial charge in [0.15, 0.2) is 0 Å². The fourth-order valence-corrected chi connectivity index (χ4v) is 2.02. The number of hydrogen-bond donors (Lipinski definition) is 1. The molecule has 0 bridgehead atoms. The molecular weight excluding hydrogens is 254 g/mol. The van der Waals surface area contributed by atoms with Crippen LogP contribution in [-0.4, -0.2) is 14.8 Å². The normalized spacial score (nSPS) is 12.3. The first-order valence-electron chi connectivity index (χ1n) is 5.19. The van der Waals surface area contributed by atoms with E-state index >= 15 is 0 Å². The topological polar surface area (TPSA) is 43.8 Å². The number of halogens is 1. The zero-order valence-electron chi connectivity index (χ0n) is 9.08. The van der Waals surface area contributed by atoms with Crippen molar-refractivity contribution in [3.8, 4) is 0 Å². The Kier molecular flexibility index (Phi) is 3.76. The first-order chi connectivity index (χ1) is 8.16. The van der Waals surface area contributed by atoms with Crippen LogP contribution in [0.4, 0.5) is 0 Å². The van der Waals surface area contributed by atoms with E-state index in [9.17, 15) is 0 Å². The molecule has 1 atom stereocenters. The Balaban J connectivity index is 2.35. The van der Waals surface area contributed by atoms with Crippen molar-refractivity contribution in [1.29, 1.82) is 0 Å². The SMILES string of the molecule is NC(=S)CC(c1ccccc1)n1cc(Cl)cn1. The predicted molar refractivity (Wildman–Crippen MR) is 73.2 cm³/mol. The van der Waals surface area contributed by atoms with Gasteiger partial charge in [0, 0.05) is 12.6 Å². The molecule has 2 N–H and O–H groups in total. The molecule has 2 aromatic rings. The average Bonchev–Trinajstić information content (AvgIpc) is 2.73. The summed E-state index contributed by atoms with van der Waals surface area (Å²) in [5, 5.41) is 4.82. The summed E-state index contributed by atoms with van der Waals surface area (Å²) >= 11 is 10.9. The largest absolute Gasteiger partial charge is 0.393 e. The molecule has 5 heteroatoms. The molecule has 0 spiro atoms. The Labute approximate surface area is 110 Å². The summed E-state index contributed by atoms with van der Waals surface area (Å²) < 4.78 is 1.79.